The number of carboxylic acid groups (broad SMARTS) is 1. The van der Waals surface area contributed by atoms with E-state index >= 15 is 0 Å². The fourth-order valence-electron chi connectivity index (χ4n) is 2.05. The van der Waals surface area contributed by atoms with Gasteiger partial charge in [-0.05, 0) is 43.5 Å². The molecule has 0 atom stereocenters. The predicted molar refractivity (Wildman–Crippen MR) is 72.3 cm³/mol. The molecule has 0 aliphatic heterocycles. The molecule has 6 nitrogen and oxygen atoms in total. The normalized spacial score (nSPS) is 15.3. The topological polar surface area (TPSA) is 83.9 Å². The highest BCUT2D eigenvalue weighted by Crippen LogP contribution is 2.32. The molecule has 1 aromatic rings. The summed E-state index contributed by atoms with van der Waals surface area (Å²) in [4.78, 5) is 11.0. The van der Waals surface area contributed by atoms with Crippen molar-refractivity contribution in [1.29, 1.82) is 0 Å². The van der Waals surface area contributed by atoms with Crippen LogP contribution < -0.4 is 4.74 Å². The van der Waals surface area contributed by atoms with Gasteiger partial charge in [0.1, 0.15) is 12.3 Å². The molecule has 2 rings (SSSR count). The number of methoxy groups -OCH3 is 1. The summed E-state index contributed by atoms with van der Waals surface area (Å²) in [6, 6.07) is 4.33. The van der Waals surface area contributed by atoms with Crippen LogP contribution in [0.15, 0.2) is 23.1 Å². The average Bonchev–Trinajstić information content (AvgIpc) is 3.19. The van der Waals surface area contributed by atoms with E-state index in [1.807, 2.05) is 0 Å². The molecule has 0 heterocycles. The molecule has 0 spiro atoms. The van der Waals surface area contributed by atoms with Crippen molar-refractivity contribution in [1.82, 2.24) is 4.31 Å². The van der Waals surface area contributed by atoms with Crippen LogP contribution in [0.5, 0.6) is 5.75 Å². The van der Waals surface area contributed by atoms with Crippen LogP contribution in [-0.2, 0) is 14.8 Å². The predicted octanol–water partition coefficient (Wildman–Crippen LogP) is 1.24. The summed E-state index contributed by atoms with van der Waals surface area (Å²) in [6.45, 7) is 1.24. The minimum atomic E-state index is -3.78. The molecule has 0 unspecified atom stereocenters. The zero-order valence-electron chi connectivity index (χ0n) is 11.4. The van der Waals surface area contributed by atoms with Crippen LogP contribution in [0.1, 0.15) is 18.4 Å². The fourth-order valence-corrected chi connectivity index (χ4v) is 3.77. The summed E-state index contributed by atoms with van der Waals surface area (Å²) < 4.78 is 31.2. The van der Waals surface area contributed by atoms with Gasteiger partial charge in [-0.3, -0.25) is 4.79 Å². The van der Waals surface area contributed by atoms with E-state index in [-0.39, 0.29) is 10.9 Å². The first-order valence-electron chi connectivity index (χ1n) is 6.24. The van der Waals surface area contributed by atoms with E-state index in [0.29, 0.717) is 24.2 Å². The Morgan fingerprint density at radius 1 is 1.45 bits per heavy atom. The van der Waals surface area contributed by atoms with Gasteiger partial charge in [0.05, 0.1) is 12.0 Å². The lowest BCUT2D eigenvalue weighted by molar-refractivity contribution is -0.137. The molecule has 110 valence electrons. The minimum Gasteiger partial charge on any atom is -0.496 e. The number of aliphatic carboxylic acids is 1. The number of aryl methyl sites for hydroxylation is 1. The summed E-state index contributed by atoms with van der Waals surface area (Å²) >= 11 is 0. The van der Waals surface area contributed by atoms with Crippen LogP contribution in [0.3, 0.4) is 0 Å². The molecule has 1 N–H and O–H groups in total. The maximum absolute atomic E-state index is 12.5. The summed E-state index contributed by atoms with van der Waals surface area (Å²) in [5, 5.41) is 8.88. The number of hydrogen-bond acceptors (Lipinski definition) is 4. The Bertz CT molecular complexity index is 622. The number of rotatable bonds is 6. The lowest BCUT2D eigenvalue weighted by Gasteiger charge is -2.20. The number of carboxylic acids is 1. The van der Waals surface area contributed by atoms with E-state index in [9.17, 15) is 13.2 Å². The second kappa shape index (κ2) is 5.41. The summed E-state index contributed by atoms with van der Waals surface area (Å²) in [7, 11) is -2.27. The number of benzene rings is 1. The molecular formula is C13H17NO5S. The average molecular weight is 299 g/mol. The van der Waals surface area contributed by atoms with Gasteiger partial charge in [0.15, 0.2) is 0 Å². The zero-order chi connectivity index (χ0) is 14.9. The van der Waals surface area contributed by atoms with Crippen molar-refractivity contribution in [3.63, 3.8) is 0 Å². The minimum absolute atomic E-state index is 0.101. The van der Waals surface area contributed by atoms with Crippen molar-refractivity contribution >= 4 is 16.0 Å². The fraction of sp³-hybridized carbons (Fsp3) is 0.462. The van der Waals surface area contributed by atoms with Crippen LogP contribution in [0, 0.1) is 6.92 Å². The third-order valence-corrected chi connectivity index (χ3v) is 5.11. The summed E-state index contributed by atoms with van der Waals surface area (Å²) in [5.41, 5.74) is 0.694. The van der Waals surface area contributed by atoms with Crippen LogP contribution in [0.25, 0.3) is 0 Å². The lowest BCUT2D eigenvalue weighted by atomic mass is 10.2. The van der Waals surface area contributed by atoms with Crippen LogP contribution in [0.4, 0.5) is 0 Å². The molecule has 0 bridgehead atoms. The highest BCUT2D eigenvalue weighted by Gasteiger charge is 2.39. The van der Waals surface area contributed by atoms with Crippen molar-refractivity contribution in [2.75, 3.05) is 13.7 Å². The Hall–Kier alpha value is -1.60. The Kier molecular flexibility index (Phi) is 4.01. The van der Waals surface area contributed by atoms with Crippen molar-refractivity contribution in [2.24, 2.45) is 0 Å². The number of carbonyl (C=O) groups is 1. The van der Waals surface area contributed by atoms with E-state index in [1.54, 1.807) is 13.0 Å². The quantitative estimate of drug-likeness (QED) is 0.854. The van der Waals surface area contributed by atoms with Gasteiger partial charge in [-0.15, -0.1) is 0 Å². The highest BCUT2D eigenvalue weighted by atomic mass is 32.2. The summed E-state index contributed by atoms with van der Waals surface area (Å²) in [5.74, 6) is -0.550. The first kappa shape index (κ1) is 14.8. The maximum Gasteiger partial charge on any atom is 0.318 e. The van der Waals surface area contributed by atoms with Crippen LogP contribution in [-0.4, -0.2) is 43.5 Å². The molecule has 0 amide bonds. The van der Waals surface area contributed by atoms with Gasteiger partial charge in [-0.2, -0.15) is 4.31 Å². The Labute approximate surface area is 118 Å². The van der Waals surface area contributed by atoms with E-state index in [0.717, 1.165) is 4.31 Å². The number of ether oxygens (including phenoxy) is 1. The third kappa shape index (κ3) is 2.94. The Morgan fingerprint density at radius 3 is 2.55 bits per heavy atom. The number of hydrogen-bond donors (Lipinski definition) is 1. The second-order valence-corrected chi connectivity index (χ2v) is 6.70. The van der Waals surface area contributed by atoms with Crippen molar-refractivity contribution < 1.29 is 23.1 Å². The molecule has 1 aliphatic rings. The Balaban J connectivity index is 2.37. The largest absolute Gasteiger partial charge is 0.496 e. The first-order chi connectivity index (χ1) is 9.36. The molecule has 1 saturated carbocycles. The number of sulfonamides is 1. The monoisotopic (exact) mass is 299 g/mol. The summed E-state index contributed by atoms with van der Waals surface area (Å²) in [6.07, 6.45) is 1.42. The van der Waals surface area contributed by atoms with Crippen LogP contribution >= 0.6 is 0 Å². The van der Waals surface area contributed by atoms with E-state index in [4.69, 9.17) is 9.84 Å². The molecule has 0 aromatic heterocycles. The standard InChI is InChI=1S/C13H17NO5S/c1-9-7-11(5-6-12(9)19-2)20(17,18)14(8-13(15)16)10-3-4-10/h5-7,10H,3-4,8H2,1-2H3,(H,15,16). The maximum atomic E-state index is 12.5. The Morgan fingerprint density at radius 2 is 2.10 bits per heavy atom. The van der Waals surface area contributed by atoms with Gasteiger partial charge < -0.3 is 9.84 Å². The second-order valence-electron chi connectivity index (χ2n) is 4.81. The van der Waals surface area contributed by atoms with Gasteiger partial charge in [0.2, 0.25) is 10.0 Å². The van der Waals surface area contributed by atoms with Gasteiger partial charge >= 0.3 is 5.97 Å². The zero-order valence-corrected chi connectivity index (χ0v) is 12.2. The molecule has 1 fully saturated rings. The van der Waals surface area contributed by atoms with E-state index in [2.05, 4.69) is 0 Å². The number of nitrogens with zero attached hydrogens (tertiary/aromatic N) is 1. The van der Waals surface area contributed by atoms with Gasteiger partial charge in [0, 0.05) is 6.04 Å². The highest BCUT2D eigenvalue weighted by molar-refractivity contribution is 7.89. The van der Waals surface area contributed by atoms with Gasteiger partial charge in [-0.25, -0.2) is 8.42 Å². The van der Waals surface area contributed by atoms with Crippen LogP contribution in [0.2, 0.25) is 0 Å². The molecule has 1 aromatic carbocycles. The first-order valence-corrected chi connectivity index (χ1v) is 7.68. The van der Waals surface area contributed by atoms with Crippen molar-refractivity contribution in [3.8, 4) is 5.75 Å². The third-order valence-electron chi connectivity index (χ3n) is 3.22. The SMILES string of the molecule is COc1ccc(S(=O)(=O)N(CC(=O)O)C2CC2)cc1C. The van der Waals surface area contributed by atoms with Crippen molar-refractivity contribution in [3.05, 3.63) is 23.8 Å². The molecule has 20 heavy (non-hydrogen) atoms. The smallest absolute Gasteiger partial charge is 0.318 e. The van der Waals surface area contributed by atoms with E-state index in [1.165, 1.54) is 19.2 Å². The molecule has 1 aliphatic carbocycles. The molecule has 0 radical (unpaired) electrons. The molecule has 0 saturated heterocycles. The molecule has 7 heteroatoms. The molecular weight excluding hydrogens is 282 g/mol. The van der Waals surface area contributed by atoms with Crippen molar-refractivity contribution in [2.45, 2.75) is 30.7 Å². The van der Waals surface area contributed by atoms with E-state index < -0.39 is 22.5 Å². The van der Waals surface area contributed by atoms with Gasteiger partial charge in [0.25, 0.3) is 0 Å². The lowest BCUT2D eigenvalue weighted by Crippen LogP contribution is -2.37. The van der Waals surface area contributed by atoms with Gasteiger partial charge in [-0.1, -0.05) is 0 Å².